The van der Waals surface area contributed by atoms with Crippen LogP contribution in [0.25, 0.3) is 55.0 Å². The van der Waals surface area contributed by atoms with Crippen LogP contribution in [0.1, 0.15) is 0 Å². The molecule has 11 aromatic rings. The van der Waals surface area contributed by atoms with Gasteiger partial charge in [-0.2, -0.15) is 0 Å². The summed E-state index contributed by atoms with van der Waals surface area (Å²) in [6.07, 6.45) is 0. The molecule has 2 nitrogen and oxygen atoms in total. The average Bonchev–Trinajstić information content (AvgIpc) is 3.79. The minimum atomic E-state index is 0.0983. The zero-order valence-electron chi connectivity index (χ0n) is 32.0. The van der Waals surface area contributed by atoms with Crippen LogP contribution < -0.4 is 32.8 Å². The van der Waals surface area contributed by atoms with E-state index in [2.05, 4.69) is 240 Å². The van der Waals surface area contributed by atoms with E-state index in [0.29, 0.717) is 0 Å². The molecule has 58 heavy (non-hydrogen) atoms. The number of rotatable bonds is 8. The lowest BCUT2D eigenvalue weighted by molar-refractivity contribution is 1.16. The Labute approximate surface area is 339 Å². The summed E-state index contributed by atoms with van der Waals surface area (Å²) in [6.45, 7) is 0.197. The van der Waals surface area contributed by atoms with E-state index in [4.69, 9.17) is 0 Å². The number of aromatic nitrogens is 2. The van der Waals surface area contributed by atoms with Crippen molar-refractivity contribution in [2.75, 3.05) is 0 Å². The third-order valence-corrected chi connectivity index (χ3v) is 11.9. The number of nitrogens with zero attached hydrogens (tertiary/aromatic N) is 2. The van der Waals surface area contributed by atoms with Gasteiger partial charge in [-0.3, -0.25) is 0 Å². The normalized spacial score (nSPS) is 11.4. The quantitative estimate of drug-likeness (QED) is 0.138. The van der Waals surface area contributed by atoms with Gasteiger partial charge in [-0.05, 0) is 48.5 Å². The predicted octanol–water partition coefficient (Wildman–Crippen LogP) is 8.91. The van der Waals surface area contributed by atoms with Gasteiger partial charge in [0.15, 0.2) is 0 Å². The Morgan fingerprint density at radius 1 is 0.224 bits per heavy atom. The first-order valence-electron chi connectivity index (χ1n) is 20.2. The summed E-state index contributed by atoms with van der Waals surface area (Å²) in [5.74, 6) is 0. The van der Waals surface area contributed by atoms with Crippen molar-refractivity contribution in [2.45, 2.75) is 0 Å². The maximum atomic E-state index is 2.47. The lowest BCUT2D eigenvalue weighted by Gasteiger charge is -2.16. The zero-order valence-corrected chi connectivity index (χ0v) is 32.0. The van der Waals surface area contributed by atoms with Crippen LogP contribution in [0.4, 0.5) is 0 Å². The first-order valence-corrected chi connectivity index (χ1v) is 20.2. The second-order valence-electron chi connectivity index (χ2n) is 15.3. The molecule has 0 radical (unpaired) electrons. The van der Waals surface area contributed by atoms with Crippen molar-refractivity contribution in [3.63, 3.8) is 0 Å². The van der Waals surface area contributed by atoms with Gasteiger partial charge in [-0.1, -0.05) is 215 Å². The summed E-state index contributed by atoms with van der Waals surface area (Å²) >= 11 is 0. The average molecular weight is 737 g/mol. The van der Waals surface area contributed by atoms with E-state index in [1.807, 2.05) is 0 Å². The Balaban J connectivity index is 1.22. The monoisotopic (exact) mass is 736 g/mol. The fourth-order valence-electron chi connectivity index (χ4n) is 9.37. The molecule has 0 fully saturated rings. The Kier molecular flexibility index (Phi) is 8.40. The summed E-state index contributed by atoms with van der Waals surface area (Å²) in [7, 11) is 0. The minimum absolute atomic E-state index is 0.0983. The fourth-order valence-corrected chi connectivity index (χ4v) is 9.37. The molecule has 270 valence electrons. The molecular weight excluding hydrogens is 698 g/mol. The van der Waals surface area contributed by atoms with E-state index in [-0.39, 0.29) is 13.4 Å². The topological polar surface area (TPSA) is 9.86 Å². The number of hydrogen-bond acceptors (Lipinski definition) is 0. The van der Waals surface area contributed by atoms with Gasteiger partial charge in [0.25, 0.3) is 0 Å². The molecule has 11 rings (SSSR count). The Morgan fingerprint density at radius 2 is 0.517 bits per heavy atom. The second-order valence-corrected chi connectivity index (χ2v) is 15.3. The van der Waals surface area contributed by atoms with Crippen molar-refractivity contribution in [1.29, 1.82) is 0 Å². The number of para-hydroxylation sites is 2. The van der Waals surface area contributed by atoms with Crippen molar-refractivity contribution in [2.24, 2.45) is 0 Å². The van der Waals surface area contributed by atoms with Crippen LogP contribution in [0.15, 0.2) is 231 Å². The van der Waals surface area contributed by atoms with Crippen LogP contribution in [-0.2, 0) is 0 Å². The van der Waals surface area contributed by atoms with E-state index < -0.39 is 0 Å². The molecular formula is C54H38B2N2. The maximum absolute atomic E-state index is 2.47. The molecule has 0 aliphatic heterocycles. The van der Waals surface area contributed by atoms with E-state index in [9.17, 15) is 0 Å². The van der Waals surface area contributed by atoms with Gasteiger partial charge in [-0.25, -0.2) is 0 Å². The first-order chi connectivity index (χ1) is 28.8. The molecule has 0 amide bonds. The van der Waals surface area contributed by atoms with Crippen molar-refractivity contribution in [3.8, 4) is 11.4 Å². The molecule has 0 saturated carbocycles. The standard InChI is InChI=1S/C54H38B2N2/c1-7-19-39(20-8-1)55(40-21-9-2-10-22-40)43-31-33-51-47(35-43)49-37-50-48-36-44(56(41-23-11-3-12-24-41)42-25-13-4-14-26-42)32-34-52(48)58(46-29-17-6-18-30-46)54(50)38-53(49)57(51)45-27-15-5-16-28-45/h1-38H. The van der Waals surface area contributed by atoms with Gasteiger partial charge in [-0.15, -0.1) is 0 Å². The van der Waals surface area contributed by atoms with Crippen molar-refractivity contribution < 1.29 is 0 Å². The fraction of sp³-hybridized carbons (Fsp3) is 0. The Bertz CT molecular complexity index is 2900. The summed E-state index contributed by atoms with van der Waals surface area (Å²) in [5, 5.41) is 4.98. The van der Waals surface area contributed by atoms with Crippen LogP contribution in [0.5, 0.6) is 0 Å². The van der Waals surface area contributed by atoms with Gasteiger partial charge in [0.2, 0.25) is 13.4 Å². The number of benzene rings is 9. The van der Waals surface area contributed by atoms with Crippen LogP contribution in [0.3, 0.4) is 0 Å². The van der Waals surface area contributed by atoms with Gasteiger partial charge >= 0.3 is 0 Å². The molecule has 9 aromatic carbocycles. The highest BCUT2D eigenvalue weighted by molar-refractivity contribution is 6.96. The largest absolute Gasteiger partial charge is 0.309 e. The predicted molar refractivity (Wildman–Crippen MR) is 250 cm³/mol. The summed E-state index contributed by atoms with van der Waals surface area (Å²) < 4.78 is 4.90. The summed E-state index contributed by atoms with van der Waals surface area (Å²) in [5.41, 5.74) is 14.8. The molecule has 4 heteroatoms. The Morgan fingerprint density at radius 3 is 0.845 bits per heavy atom. The van der Waals surface area contributed by atoms with Crippen LogP contribution in [0.2, 0.25) is 0 Å². The molecule has 0 atom stereocenters. The molecule has 0 bridgehead atoms. The number of fused-ring (bicyclic) bond motifs is 6. The van der Waals surface area contributed by atoms with Gasteiger partial charge < -0.3 is 9.13 Å². The molecule has 2 aromatic heterocycles. The zero-order chi connectivity index (χ0) is 38.4. The molecule has 0 aliphatic rings. The lowest BCUT2D eigenvalue weighted by Crippen LogP contribution is -2.51. The SMILES string of the molecule is c1ccc(B(c2ccccc2)c2ccc3c(c2)c2cc4c5cc(B(c6ccccc6)c6ccccc6)ccc5n(-c5ccccc5)c4cc2n3-c2ccccc2)cc1. The maximum Gasteiger partial charge on any atom is 0.241 e. The van der Waals surface area contributed by atoms with E-state index in [0.717, 1.165) is 11.4 Å². The first kappa shape index (κ1) is 34.0. The molecule has 0 saturated heterocycles. The van der Waals surface area contributed by atoms with E-state index in [1.165, 1.54) is 76.4 Å². The van der Waals surface area contributed by atoms with Crippen LogP contribution >= 0.6 is 0 Å². The third-order valence-electron chi connectivity index (χ3n) is 11.9. The van der Waals surface area contributed by atoms with Crippen molar-refractivity contribution in [3.05, 3.63) is 231 Å². The lowest BCUT2D eigenvalue weighted by atomic mass is 9.37. The molecule has 0 aliphatic carbocycles. The minimum Gasteiger partial charge on any atom is -0.309 e. The van der Waals surface area contributed by atoms with Crippen molar-refractivity contribution >= 4 is 89.8 Å². The van der Waals surface area contributed by atoms with Gasteiger partial charge in [0.1, 0.15) is 0 Å². The van der Waals surface area contributed by atoms with Crippen molar-refractivity contribution in [1.82, 2.24) is 9.13 Å². The third kappa shape index (κ3) is 5.76. The molecule has 0 N–H and O–H groups in total. The van der Waals surface area contributed by atoms with E-state index in [1.54, 1.807) is 0 Å². The highest BCUT2D eigenvalue weighted by Gasteiger charge is 2.26. The second kappa shape index (κ2) is 14.3. The number of hydrogen-bond donors (Lipinski definition) is 0. The summed E-state index contributed by atoms with van der Waals surface area (Å²) in [4.78, 5) is 0. The summed E-state index contributed by atoms with van der Waals surface area (Å²) in [6, 6.07) is 84.5. The van der Waals surface area contributed by atoms with Gasteiger partial charge in [0, 0.05) is 32.9 Å². The smallest absolute Gasteiger partial charge is 0.241 e. The Hall–Kier alpha value is -7.29. The van der Waals surface area contributed by atoms with Crippen LogP contribution in [0, 0.1) is 0 Å². The highest BCUT2D eigenvalue weighted by atomic mass is 15.0. The molecule has 2 heterocycles. The van der Waals surface area contributed by atoms with E-state index >= 15 is 0 Å². The van der Waals surface area contributed by atoms with Crippen LogP contribution in [-0.4, -0.2) is 22.6 Å². The van der Waals surface area contributed by atoms with Gasteiger partial charge in [0.05, 0.1) is 22.1 Å². The molecule has 0 unspecified atom stereocenters. The highest BCUT2D eigenvalue weighted by Crippen LogP contribution is 2.39. The molecule has 0 spiro atoms.